The fourth-order valence-electron chi connectivity index (χ4n) is 2.48. The van der Waals surface area contributed by atoms with Crippen molar-refractivity contribution in [2.24, 2.45) is 5.92 Å². The molecule has 0 saturated heterocycles. The van der Waals surface area contributed by atoms with E-state index in [1.54, 1.807) is 38.1 Å². The Bertz CT molecular complexity index is 920. The average molecular weight is 390 g/mol. The zero-order chi connectivity index (χ0) is 20.2. The van der Waals surface area contributed by atoms with Crippen LogP contribution in [0.25, 0.3) is 11.1 Å². The van der Waals surface area contributed by atoms with Crippen LogP contribution in [-0.2, 0) is 19.6 Å². The summed E-state index contributed by atoms with van der Waals surface area (Å²) in [5, 5.41) is 11.8. The van der Waals surface area contributed by atoms with E-state index in [2.05, 4.69) is 10.0 Å². The quantitative estimate of drug-likeness (QED) is 0.673. The van der Waals surface area contributed by atoms with Crippen LogP contribution in [0.1, 0.15) is 20.8 Å². The number of carbonyl (C=O) groups is 2. The molecule has 0 aliphatic rings. The van der Waals surface area contributed by atoms with E-state index in [0.717, 1.165) is 11.1 Å². The van der Waals surface area contributed by atoms with Crippen LogP contribution in [0, 0.1) is 5.92 Å². The smallest absolute Gasteiger partial charge is 0.322 e. The molecule has 2 aromatic carbocycles. The highest BCUT2D eigenvalue weighted by Gasteiger charge is 2.27. The third-order valence-corrected chi connectivity index (χ3v) is 5.38. The lowest BCUT2D eigenvalue weighted by molar-refractivity contribution is -0.140. The van der Waals surface area contributed by atoms with Gasteiger partial charge < -0.3 is 10.4 Å². The van der Waals surface area contributed by atoms with Gasteiger partial charge in [-0.3, -0.25) is 9.59 Å². The predicted molar refractivity (Wildman–Crippen MR) is 103 cm³/mol. The highest BCUT2D eigenvalue weighted by Crippen LogP contribution is 2.23. The molecule has 0 aliphatic heterocycles. The Morgan fingerprint density at radius 2 is 1.41 bits per heavy atom. The second-order valence-electron chi connectivity index (χ2n) is 6.46. The fourth-order valence-corrected chi connectivity index (χ4v) is 3.82. The van der Waals surface area contributed by atoms with E-state index >= 15 is 0 Å². The van der Waals surface area contributed by atoms with E-state index in [1.165, 1.54) is 19.1 Å². The Kier molecular flexibility index (Phi) is 6.35. The van der Waals surface area contributed by atoms with Crippen LogP contribution in [0.2, 0.25) is 0 Å². The zero-order valence-electron chi connectivity index (χ0n) is 15.3. The number of rotatable bonds is 7. The lowest BCUT2D eigenvalue weighted by Crippen LogP contribution is -2.44. The molecule has 1 atom stereocenters. The molecular weight excluding hydrogens is 368 g/mol. The maximum absolute atomic E-state index is 12.4. The first-order valence-electron chi connectivity index (χ1n) is 8.33. The van der Waals surface area contributed by atoms with Crippen molar-refractivity contribution in [2.75, 3.05) is 5.32 Å². The van der Waals surface area contributed by atoms with Crippen molar-refractivity contribution < 1.29 is 23.1 Å². The van der Waals surface area contributed by atoms with Crippen molar-refractivity contribution in [3.8, 4) is 11.1 Å². The Morgan fingerprint density at radius 3 is 1.81 bits per heavy atom. The summed E-state index contributed by atoms with van der Waals surface area (Å²) in [6, 6.07) is 12.1. The summed E-state index contributed by atoms with van der Waals surface area (Å²) in [7, 11) is -3.95. The van der Waals surface area contributed by atoms with Gasteiger partial charge in [0.2, 0.25) is 15.9 Å². The Labute approximate surface area is 158 Å². The van der Waals surface area contributed by atoms with Gasteiger partial charge in [-0.25, -0.2) is 8.42 Å². The largest absolute Gasteiger partial charge is 0.480 e. The van der Waals surface area contributed by atoms with Gasteiger partial charge >= 0.3 is 5.97 Å². The molecule has 144 valence electrons. The molecule has 0 radical (unpaired) electrons. The topological polar surface area (TPSA) is 113 Å². The molecule has 0 bridgehead atoms. The number of carbonyl (C=O) groups excluding carboxylic acids is 1. The van der Waals surface area contributed by atoms with Crippen molar-refractivity contribution in [3.63, 3.8) is 0 Å². The Morgan fingerprint density at radius 1 is 0.926 bits per heavy atom. The van der Waals surface area contributed by atoms with Gasteiger partial charge in [-0.15, -0.1) is 0 Å². The summed E-state index contributed by atoms with van der Waals surface area (Å²) in [5.41, 5.74) is 2.32. The molecule has 0 heterocycles. The molecule has 27 heavy (non-hydrogen) atoms. The molecule has 7 nitrogen and oxygen atoms in total. The maximum Gasteiger partial charge on any atom is 0.322 e. The third kappa shape index (κ3) is 5.38. The van der Waals surface area contributed by atoms with E-state index in [9.17, 15) is 23.1 Å². The minimum Gasteiger partial charge on any atom is -0.480 e. The first-order chi connectivity index (χ1) is 12.6. The molecule has 3 N–H and O–H groups in total. The summed E-state index contributed by atoms with van der Waals surface area (Å²) in [6.45, 7) is 4.69. The average Bonchev–Trinajstić information content (AvgIpc) is 2.59. The number of hydrogen-bond donors (Lipinski definition) is 3. The maximum atomic E-state index is 12.4. The molecular formula is C19H22N2O5S. The second kappa shape index (κ2) is 8.32. The fraction of sp³-hybridized carbons (Fsp3) is 0.263. The Hall–Kier alpha value is -2.71. The number of carboxylic acid groups (broad SMARTS) is 1. The van der Waals surface area contributed by atoms with E-state index in [0.29, 0.717) is 5.69 Å². The number of amides is 1. The third-order valence-electron chi connectivity index (χ3n) is 3.92. The minimum atomic E-state index is -3.95. The van der Waals surface area contributed by atoms with Gasteiger partial charge in [0, 0.05) is 12.6 Å². The van der Waals surface area contributed by atoms with Crippen molar-refractivity contribution in [2.45, 2.75) is 31.7 Å². The minimum absolute atomic E-state index is 0.00647. The van der Waals surface area contributed by atoms with Gasteiger partial charge in [-0.1, -0.05) is 38.1 Å². The van der Waals surface area contributed by atoms with Crippen molar-refractivity contribution in [1.29, 1.82) is 0 Å². The number of hydrogen-bond acceptors (Lipinski definition) is 4. The van der Waals surface area contributed by atoms with Crippen LogP contribution in [0.5, 0.6) is 0 Å². The van der Waals surface area contributed by atoms with Crippen molar-refractivity contribution in [3.05, 3.63) is 48.5 Å². The molecule has 0 unspecified atom stereocenters. The number of anilines is 1. The van der Waals surface area contributed by atoms with Crippen LogP contribution >= 0.6 is 0 Å². The molecule has 0 spiro atoms. The summed E-state index contributed by atoms with van der Waals surface area (Å²) in [6.07, 6.45) is 0. The lowest BCUT2D eigenvalue weighted by atomic mass is 10.1. The van der Waals surface area contributed by atoms with Crippen LogP contribution in [-0.4, -0.2) is 31.4 Å². The summed E-state index contributed by atoms with van der Waals surface area (Å²) in [4.78, 5) is 22.3. The molecule has 0 aliphatic carbocycles. The molecule has 2 rings (SSSR count). The highest BCUT2D eigenvalue weighted by molar-refractivity contribution is 7.89. The number of carboxylic acids is 1. The van der Waals surface area contributed by atoms with Gasteiger partial charge in [0.15, 0.2) is 0 Å². The molecule has 1 amide bonds. The zero-order valence-corrected chi connectivity index (χ0v) is 16.1. The Balaban J connectivity index is 2.21. The highest BCUT2D eigenvalue weighted by atomic mass is 32.2. The lowest BCUT2D eigenvalue weighted by Gasteiger charge is -2.18. The first-order valence-corrected chi connectivity index (χ1v) is 9.81. The predicted octanol–water partition coefficient (Wildman–Crippen LogP) is 2.70. The number of benzene rings is 2. The van der Waals surface area contributed by atoms with Crippen molar-refractivity contribution in [1.82, 2.24) is 4.72 Å². The number of aliphatic carboxylic acids is 1. The SMILES string of the molecule is CC(=O)Nc1ccc(-c2ccc(S(=O)(=O)N[C@@H](C(=O)O)C(C)C)cc2)cc1. The molecule has 0 aromatic heterocycles. The van der Waals surface area contributed by atoms with Gasteiger partial charge in [0.25, 0.3) is 0 Å². The van der Waals surface area contributed by atoms with Crippen LogP contribution in [0.15, 0.2) is 53.4 Å². The van der Waals surface area contributed by atoms with Gasteiger partial charge in [0.05, 0.1) is 4.90 Å². The summed E-state index contributed by atoms with van der Waals surface area (Å²) >= 11 is 0. The van der Waals surface area contributed by atoms with Crippen molar-refractivity contribution >= 4 is 27.6 Å². The molecule has 0 saturated carbocycles. The van der Waals surface area contributed by atoms with Gasteiger partial charge in [-0.05, 0) is 41.3 Å². The molecule has 2 aromatic rings. The van der Waals surface area contributed by atoms with Crippen LogP contribution in [0.4, 0.5) is 5.69 Å². The van der Waals surface area contributed by atoms with Gasteiger partial charge in [0.1, 0.15) is 6.04 Å². The monoisotopic (exact) mass is 390 g/mol. The van der Waals surface area contributed by atoms with Gasteiger partial charge in [-0.2, -0.15) is 4.72 Å². The molecule has 8 heteroatoms. The van der Waals surface area contributed by atoms with E-state index in [-0.39, 0.29) is 10.8 Å². The number of sulfonamides is 1. The van der Waals surface area contributed by atoms with Crippen LogP contribution in [0.3, 0.4) is 0 Å². The summed E-state index contributed by atoms with van der Waals surface area (Å²) < 4.78 is 27.1. The number of nitrogens with one attached hydrogen (secondary N) is 2. The first kappa shape index (κ1) is 20.6. The second-order valence-corrected chi connectivity index (χ2v) is 8.18. The van der Waals surface area contributed by atoms with E-state index < -0.39 is 28.0 Å². The standard InChI is InChI=1S/C19H22N2O5S/c1-12(2)18(19(23)24)21-27(25,26)17-10-6-15(7-11-17)14-4-8-16(9-5-14)20-13(3)22/h4-12,18,21H,1-3H3,(H,20,22)(H,23,24)/t18-/m1/s1. The van der Waals surface area contributed by atoms with Crippen LogP contribution < -0.4 is 10.0 Å². The van der Waals surface area contributed by atoms with E-state index in [1.807, 2.05) is 12.1 Å². The van der Waals surface area contributed by atoms with E-state index in [4.69, 9.17) is 0 Å². The summed E-state index contributed by atoms with van der Waals surface area (Å²) in [5.74, 6) is -1.77. The normalized spacial score (nSPS) is 12.6. The molecule has 0 fully saturated rings.